The molecule has 0 aliphatic carbocycles. The molecular weight excluding hydrogens is 595 g/mol. The lowest BCUT2D eigenvalue weighted by Crippen LogP contribution is -2.46. The number of hydrogen-bond acceptors (Lipinski definition) is 7. The van der Waals surface area contributed by atoms with Gasteiger partial charge in [0.1, 0.15) is 0 Å². The number of halogens is 3. The van der Waals surface area contributed by atoms with Crippen molar-refractivity contribution in [1.82, 2.24) is 19.7 Å². The predicted octanol–water partition coefficient (Wildman–Crippen LogP) is 4.31. The minimum absolute atomic E-state index is 0.416. The van der Waals surface area contributed by atoms with Gasteiger partial charge in [-0.2, -0.15) is 13.2 Å². The monoisotopic (exact) mass is 639 g/mol. The van der Waals surface area contributed by atoms with Gasteiger partial charge in [-0.15, -0.1) is 0 Å². The third-order valence-electron chi connectivity index (χ3n) is 8.87. The van der Waals surface area contributed by atoms with E-state index >= 15 is 0 Å². The lowest BCUT2D eigenvalue weighted by Gasteiger charge is -2.35. The Morgan fingerprint density at radius 1 is 0.891 bits per heavy atom. The van der Waals surface area contributed by atoms with Crippen LogP contribution in [0.15, 0.2) is 59.5 Å². The van der Waals surface area contributed by atoms with Crippen LogP contribution in [0.25, 0.3) is 11.1 Å². The number of alkyl halides is 3. The Morgan fingerprint density at radius 2 is 1.61 bits per heavy atom. The number of piperazine rings is 2. The number of likely N-dealkylation sites (N-methyl/N-ethyl adjacent to an activating group) is 1. The normalized spacial score (nSPS) is 16.9. The smallest absolute Gasteiger partial charge is 0.367 e. The Kier molecular flexibility index (Phi) is 11.2. The van der Waals surface area contributed by atoms with E-state index in [1.807, 2.05) is 37.4 Å². The first kappa shape index (κ1) is 33.6. The summed E-state index contributed by atoms with van der Waals surface area (Å²) in [6.07, 6.45) is -0.598. The molecule has 9 nitrogen and oxygen atoms in total. The highest BCUT2D eigenvalue weighted by molar-refractivity contribution is 6.07. The summed E-state index contributed by atoms with van der Waals surface area (Å²) >= 11 is 0. The van der Waals surface area contributed by atoms with E-state index in [4.69, 9.17) is 5.73 Å². The van der Waals surface area contributed by atoms with Gasteiger partial charge in [0.2, 0.25) is 5.56 Å². The molecule has 2 saturated heterocycles. The zero-order valence-corrected chi connectivity index (χ0v) is 26.4. The van der Waals surface area contributed by atoms with Gasteiger partial charge in [-0.05, 0) is 67.9 Å². The summed E-state index contributed by atoms with van der Waals surface area (Å²) in [4.78, 5) is 36.5. The Bertz CT molecular complexity index is 1530. The molecule has 1 aromatic heterocycles. The van der Waals surface area contributed by atoms with E-state index in [2.05, 4.69) is 42.0 Å². The fraction of sp³-hybridized carbons (Fsp3) is 0.471. The highest BCUT2D eigenvalue weighted by Crippen LogP contribution is 2.35. The Hall–Kier alpha value is -3.71. The molecule has 0 bridgehead atoms. The van der Waals surface area contributed by atoms with Gasteiger partial charge in [0.25, 0.3) is 5.91 Å². The van der Waals surface area contributed by atoms with E-state index < -0.39 is 28.8 Å². The van der Waals surface area contributed by atoms with Gasteiger partial charge in [-0.25, -0.2) is 0 Å². The number of carbonyl (C=O) groups excluding carboxylic acids is 1. The minimum atomic E-state index is -4.86. The summed E-state index contributed by atoms with van der Waals surface area (Å²) in [6, 6.07) is 14.4. The zero-order valence-electron chi connectivity index (χ0n) is 26.4. The molecule has 0 radical (unpaired) electrons. The molecule has 2 aromatic carbocycles. The van der Waals surface area contributed by atoms with Crippen molar-refractivity contribution in [3.8, 4) is 11.1 Å². The lowest BCUT2D eigenvalue weighted by atomic mass is 10.0. The van der Waals surface area contributed by atoms with Crippen LogP contribution in [0.2, 0.25) is 0 Å². The molecule has 2 fully saturated rings. The SMILES string of the molecule is CN1CCN(c2ccc(-c3cccc(CN4CCN(CCCCCN)CC4)c3)cc2NC(=O)c2c[nH]c(=O)cc2C(F)(F)F)CC1. The van der Waals surface area contributed by atoms with Crippen molar-refractivity contribution in [1.29, 1.82) is 0 Å². The number of aromatic amines is 1. The number of nitrogens with one attached hydrogen (secondary N) is 2. The lowest BCUT2D eigenvalue weighted by molar-refractivity contribution is -0.138. The second-order valence-electron chi connectivity index (χ2n) is 12.3. The Morgan fingerprint density at radius 3 is 2.33 bits per heavy atom. The molecule has 3 aromatic rings. The van der Waals surface area contributed by atoms with E-state index in [9.17, 15) is 22.8 Å². The average molecular weight is 640 g/mol. The van der Waals surface area contributed by atoms with Gasteiger partial charge < -0.3 is 30.7 Å². The standard InChI is InChI=1S/C34H44F3N7O2/c1-41-12-18-44(19-13-41)31-9-8-27(21-30(31)40-33(46)28-23-39-32(45)22-29(28)34(35,36)37)26-7-5-6-25(20-26)24-43-16-14-42(15-17-43)11-4-2-3-10-38/h5-9,20-23H,2-4,10-19,24,38H2,1H3,(H,39,45)(H,40,46). The third-order valence-corrected chi connectivity index (χ3v) is 8.87. The van der Waals surface area contributed by atoms with Crippen LogP contribution in [0.4, 0.5) is 24.5 Å². The van der Waals surface area contributed by atoms with E-state index in [0.717, 1.165) is 88.3 Å². The molecule has 5 rings (SSSR count). The topological polar surface area (TPSA) is 101 Å². The van der Waals surface area contributed by atoms with Crippen molar-refractivity contribution in [2.45, 2.75) is 32.0 Å². The molecule has 0 unspecified atom stereocenters. The van der Waals surface area contributed by atoms with Gasteiger partial charge in [-0.1, -0.05) is 30.7 Å². The highest BCUT2D eigenvalue weighted by atomic mass is 19.4. The predicted molar refractivity (Wildman–Crippen MR) is 176 cm³/mol. The zero-order chi connectivity index (χ0) is 32.7. The Labute approximate surface area is 268 Å². The summed E-state index contributed by atoms with van der Waals surface area (Å²) in [5, 5.41) is 2.75. The Balaban J connectivity index is 1.35. The molecule has 248 valence electrons. The molecule has 12 heteroatoms. The fourth-order valence-corrected chi connectivity index (χ4v) is 6.16. The third kappa shape index (κ3) is 8.75. The van der Waals surface area contributed by atoms with Crippen LogP contribution in [-0.2, 0) is 12.7 Å². The van der Waals surface area contributed by atoms with Crippen LogP contribution < -0.4 is 21.5 Å². The van der Waals surface area contributed by atoms with Gasteiger partial charge >= 0.3 is 6.18 Å². The first-order valence-electron chi connectivity index (χ1n) is 16.0. The number of aromatic nitrogens is 1. The number of nitrogens with zero attached hydrogens (tertiary/aromatic N) is 4. The van der Waals surface area contributed by atoms with Crippen LogP contribution >= 0.6 is 0 Å². The van der Waals surface area contributed by atoms with Gasteiger partial charge in [0.15, 0.2) is 0 Å². The molecular formula is C34H44F3N7O2. The number of pyridine rings is 1. The molecule has 46 heavy (non-hydrogen) atoms. The van der Waals surface area contributed by atoms with E-state index in [0.29, 0.717) is 24.8 Å². The van der Waals surface area contributed by atoms with Crippen molar-refractivity contribution in [3.63, 3.8) is 0 Å². The van der Waals surface area contributed by atoms with Crippen LogP contribution in [0.5, 0.6) is 0 Å². The van der Waals surface area contributed by atoms with Crippen LogP contribution in [0.1, 0.15) is 40.7 Å². The minimum Gasteiger partial charge on any atom is -0.367 e. The van der Waals surface area contributed by atoms with Crippen LogP contribution in [0, 0.1) is 0 Å². The highest BCUT2D eigenvalue weighted by Gasteiger charge is 2.36. The first-order valence-corrected chi connectivity index (χ1v) is 16.0. The molecule has 0 saturated carbocycles. The number of hydrogen-bond donors (Lipinski definition) is 3. The largest absolute Gasteiger partial charge is 0.417 e. The fourth-order valence-electron chi connectivity index (χ4n) is 6.16. The van der Waals surface area contributed by atoms with Crippen molar-refractivity contribution in [3.05, 3.63) is 81.8 Å². The van der Waals surface area contributed by atoms with Crippen molar-refractivity contribution in [2.24, 2.45) is 5.73 Å². The molecule has 2 aliphatic rings. The summed E-state index contributed by atoms with van der Waals surface area (Å²) in [6.45, 7) is 9.84. The maximum Gasteiger partial charge on any atom is 0.417 e. The molecule has 0 spiro atoms. The average Bonchev–Trinajstić information content (AvgIpc) is 3.04. The first-order chi connectivity index (χ1) is 22.1. The molecule has 2 aliphatic heterocycles. The maximum atomic E-state index is 13.8. The quantitative estimate of drug-likeness (QED) is 0.269. The van der Waals surface area contributed by atoms with Gasteiger partial charge in [0.05, 0.1) is 22.5 Å². The number of unbranched alkanes of at least 4 members (excludes halogenated alkanes) is 2. The van der Waals surface area contributed by atoms with Crippen LogP contribution in [0.3, 0.4) is 0 Å². The summed E-state index contributed by atoms with van der Waals surface area (Å²) in [5.41, 5.74) is 6.90. The molecule has 1 amide bonds. The maximum absolute atomic E-state index is 13.8. The molecule has 3 heterocycles. The number of carbonyl (C=O) groups is 1. The van der Waals surface area contributed by atoms with E-state index in [1.54, 1.807) is 0 Å². The number of amides is 1. The van der Waals surface area contributed by atoms with Gasteiger partial charge in [-0.3, -0.25) is 14.5 Å². The second kappa shape index (κ2) is 15.3. The number of benzene rings is 2. The molecule has 4 N–H and O–H groups in total. The summed E-state index contributed by atoms with van der Waals surface area (Å²) in [7, 11) is 2.04. The number of nitrogens with two attached hydrogens (primary N) is 1. The number of anilines is 2. The summed E-state index contributed by atoms with van der Waals surface area (Å²) in [5.74, 6) is -0.941. The second-order valence-corrected chi connectivity index (χ2v) is 12.3. The van der Waals surface area contributed by atoms with Crippen molar-refractivity contribution in [2.75, 3.05) is 82.7 Å². The van der Waals surface area contributed by atoms with Crippen molar-refractivity contribution < 1.29 is 18.0 Å². The number of rotatable bonds is 11. The van der Waals surface area contributed by atoms with E-state index in [1.165, 1.54) is 18.4 Å². The van der Waals surface area contributed by atoms with Crippen LogP contribution in [-0.4, -0.2) is 98.1 Å². The number of H-pyrrole nitrogens is 1. The van der Waals surface area contributed by atoms with Gasteiger partial charge in [0, 0.05) is 71.2 Å². The summed E-state index contributed by atoms with van der Waals surface area (Å²) < 4.78 is 41.3. The molecule has 0 atom stereocenters. The van der Waals surface area contributed by atoms with Crippen molar-refractivity contribution >= 4 is 17.3 Å². The van der Waals surface area contributed by atoms with E-state index in [-0.39, 0.29) is 0 Å².